The molecule has 0 aromatic carbocycles. The number of rotatable bonds is 5. The average molecular weight is 349 g/mol. The Bertz CT molecular complexity index is 530. The molecule has 1 fully saturated rings. The van der Waals surface area contributed by atoms with E-state index in [1.807, 2.05) is 0 Å². The summed E-state index contributed by atoms with van der Waals surface area (Å²) in [4.78, 5) is 24.6. The van der Waals surface area contributed by atoms with Gasteiger partial charge in [0.15, 0.2) is 18.6 Å². The van der Waals surface area contributed by atoms with Crippen LogP contribution in [0.2, 0.25) is 0 Å². The molecule has 24 heavy (non-hydrogen) atoms. The number of halogens is 1. The van der Waals surface area contributed by atoms with Crippen LogP contribution in [0.1, 0.15) is 6.92 Å². The summed E-state index contributed by atoms with van der Waals surface area (Å²) in [5, 5.41) is 29.3. The van der Waals surface area contributed by atoms with Crippen LogP contribution in [0.5, 0.6) is 0 Å². The van der Waals surface area contributed by atoms with Gasteiger partial charge in [-0.15, -0.1) is 0 Å². The van der Waals surface area contributed by atoms with E-state index in [4.69, 9.17) is 20.3 Å². The maximum Gasteiger partial charge on any atom is 0.321 e. The molecule has 1 saturated heterocycles. The van der Waals surface area contributed by atoms with Crippen LogP contribution in [-0.4, -0.2) is 87.3 Å². The SMILES string of the molecule is C[C@@]1(F)[C@H](O)[C@@H](CO)O[C@H]1N1C=CC(=O)N(COC(=O)CN)C1O. The summed E-state index contributed by atoms with van der Waals surface area (Å²) in [7, 11) is 0. The molecule has 0 spiro atoms. The van der Waals surface area contributed by atoms with E-state index in [9.17, 15) is 24.2 Å². The van der Waals surface area contributed by atoms with Gasteiger partial charge in [0.25, 0.3) is 5.91 Å². The van der Waals surface area contributed by atoms with E-state index in [1.165, 1.54) is 0 Å². The maximum atomic E-state index is 14.8. The number of amides is 1. The number of aliphatic hydroxyl groups is 3. The number of hydrogen-bond acceptors (Lipinski definition) is 9. The number of aliphatic hydroxyl groups excluding tert-OH is 3. The minimum atomic E-state index is -2.33. The Morgan fingerprint density at radius 1 is 1.54 bits per heavy atom. The van der Waals surface area contributed by atoms with Crippen LogP contribution < -0.4 is 5.73 Å². The van der Waals surface area contributed by atoms with Gasteiger partial charge in [-0.3, -0.25) is 14.5 Å². The number of hydrogen-bond donors (Lipinski definition) is 4. The molecule has 2 heterocycles. The van der Waals surface area contributed by atoms with E-state index in [0.717, 1.165) is 29.0 Å². The van der Waals surface area contributed by atoms with E-state index >= 15 is 0 Å². The highest BCUT2D eigenvalue weighted by molar-refractivity contribution is 5.88. The van der Waals surface area contributed by atoms with Gasteiger partial charge in [-0.25, -0.2) is 4.39 Å². The van der Waals surface area contributed by atoms with Gasteiger partial charge in [0.05, 0.1) is 13.2 Å². The third-order valence-electron chi connectivity index (χ3n) is 3.92. The summed E-state index contributed by atoms with van der Waals surface area (Å²) >= 11 is 0. The first-order valence-corrected chi connectivity index (χ1v) is 7.17. The summed E-state index contributed by atoms with van der Waals surface area (Å²) in [6.07, 6.45) is -3.89. The largest absolute Gasteiger partial charge is 0.443 e. The highest BCUT2D eigenvalue weighted by atomic mass is 19.1. The minimum Gasteiger partial charge on any atom is -0.443 e. The Hall–Kier alpha value is -1.79. The standard InChI is InChI=1S/C13H20FN3O7/c1-13(14)10(21)7(5-18)24-11(13)16-3-2-8(19)17(12(16)22)6-23-9(20)4-15/h2-3,7,10-12,18,21-22H,4-6,15H2,1H3/t7-,10-,11-,12?,13-/m1/s1. The third kappa shape index (κ3) is 3.21. The zero-order chi connectivity index (χ0) is 18.1. The summed E-state index contributed by atoms with van der Waals surface area (Å²) < 4.78 is 24.7. The number of nitrogens with zero attached hydrogens (tertiary/aromatic N) is 2. The molecule has 2 aliphatic heterocycles. The molecule has 1 unspecified atom stereocenters. The van der Waals surface area contributed by atoms with E-state index in [2.05, 4.69) is 0 Å². The first kappa shape index (κ1) is 18.5. The molecular weight excluding hydrogens is 329 g/mol. The van der Waals surface area contributed by atoms with Crippen molar-refractivity contribution in [1.82, 2.24) is 9.80 Å². The fourth-order valence-electron chi connectivity index (χ4n) is 2.51. The Morgan fingerprint density at radius 2 is 2.21 bits per heavy atom. The summed E-state index contributed by atoms with van der Waals surface area (Å²) in [5.41, 5.74) is 2.74. The molecule has 2 aliphatic rings. The summed E-state index contributed by atoms with van der Waals surface area (Å²) in [6.45, 7) is -0.579. The zero-order valence-electron chi connectivity index (χ0n) is 12.9. The van der Waals surface area contributed by atoms with Gasteiger partial charge in [0.1, 0.15) is 12.2 Å². The number of esters is 1. The van der Waals surface area contributed by atoms with Crippen molar-refractivity contribution in [2.24, 2.45) is 5.73 Å². The number of ether oxygens (including phenoxy) is 2. The van der Waals surface area contributed by atoms with E-state index in [-0.39, 0.29) is 0 Å². The highest BCUT2D eigenvalue weighted by Crippen LogP contribution is 2.38. The van der Waals surface area contributed by atoms with Gasteiger partial charge in [-0.1, -0.05) is 0 Å². The monoisotopic (exact) mass is 349 g/mol. The molecule has 5 atom stereocenters. The fraction of sp³-hybridized carbons (Fsp3) is 0.692. The second-order valence-corrected chi connectivity index (χ2v) is 5.57. The van der Waals surface area contributed by atoms with Crippen LogP contribution in [0, 0.1) is 0 Å². The summed E-state index contributed by atoms with van der Waals surface area (Å²) in [5.74, 6) is -1.47. The molecule has 0 aromatic heterocycles. The lowest BCUT2D eigenvalue weighted by Crippen LogP contribution is -2.59. The van der Waals surface area contributed by atoms with Gasteiger partial charge >= 0.3 is 5.97 Å². The van der Waals surface area contributed by atoms with Crippen molar-refractivity contribution in [2.75, 3.05) is 19.9 Å². The number of alkyl halides is 1. The van der Waals surface area contributed by atoms with E-state index in [0.29, 0.717) is 0 Å². The second kappa shape index (κ2) is 6.99. The van der Waals surface area contributed by atoms with E-state index < -0.39 is 62.2 Å². The molecule has 0 aliphatic carbocycles. The molecule has 0 aromatic rings. The molecule has 0 bridgehead atoms. The van der Waals surface area contributed by atoms with Crippen molar-refractivity contribution >= 4 is 11.9 Å². The Kier molecular flexibility index (Phi) is 5.40. The van der Waals surface area contributed by atoms with Crippen molar-refractivity contribution in [1.29, 1.82) is 0 Å². The quantitative estimate of drug-likeness (QED) is 0.386. The lowest BCUT2D eigenvalue weighted by molar-refractivity contribution is -0.208. The normalized spacial score (nSPS) is 36.3. The van der Waals surface area contributed by atoms with Crippen LogP contribution in [0.4, 0.5) is 4.39 Å². The fourth-order valence-corrected chi connectivity index (χ4v) is 2.51. The lowest BCUT2D eigenvalue weighted by atomic mass is 9.98. The lowest BCUT2D eigenvalue weighted by Gasteiger charge is -2.42. The number of carbonyl (C=O) groups is 2. The minimum absolute atomic E-state index is 0.406. The molecule has 136 valence electrons. The van der Waals surface area contributed by atoms with Crippen molar-refractivity contribution < 1.29 is 38.8 Å². The molecule has 5 N–H and O–H groups in total. The van der Waals surface area contributed by atoms with Crippen LogP contribution >= 0.6 is 0 Å². The van der Waals surface area contributed by atoms with Gasteiger partial charge in [-0.2, -0.15) is 0 Å². The average Bonchev–Trinajstić information content (AvgIpc) is 2.77. The predicted octanol–water partition coefficient (Wildman–Crippen LogP) is -2.81. The van der Waals surface area contributed by atoms with Crippen LogP contribution in [0.25, 0.3) is 0 Å². The van der Waals surface area contributed by atoms with Crippen molar-refractivity contribution in [2.45, 2.75) is 37.4 Å². The van der Waals surface area contributed by atoms with E-state index in [1.54, 1.807) is 0 Å². The first-order valence-electron chi connectivity index (χ1n) is 7.17. The van der Waals surface area contributed by atoms with Crippen molar-refractivity contribution in [3.8, 4) is 0 Å². The molecule has 0 saturated carbocycles. The van der Waals surface area contributed by atoms with Crippen LogP contribution in [0.3, 0.4) is 0 Å². The topological polar surface area (TPSA) is 146 Å². The molecule has 0 radical (unpaired) electrons. The maximum absolute atomic E-state index is 14.8. The molecule has 1 amide bonds. The Balaban J connectivity index is 2.17. The van der Waals surface area contributed by atoms with Gasteiger partial charge < -0.3 is 35.4 Å². The number of nitrogens with two attached hydrogens (primary N) is 1. The van der Waals surface area contributed by atoms with Crippen molar-refractivity contribution in [3.63, 3.8) is 0 Å². The first-order chi connectivity index (χ1) is 11.2. The zero-order valence-corrected chi connectivity index (χ0v) is 12.9. The molecule has 11 heteroatoms. The Labute approximate surface area is 136 Å². The third-order valence-corrected chi connectivity index (χ3v) is 3.92. The highest BCUT2D eigenvalue weighted by Gasteiger charge is 2.57. The number of carbonyl (C=O) groups excluding carboxylic acids is 2. The molecule has 2 rings (SSSR count). The summed E-state index contributed by atoms with van der Waals surface area (Å²) in [6, 6.07) is 0. The Morgan fingerprint density at radius 3 is 2.75 bits per heavy atom. The van der Waals surface area contributed by atoms with Crippen LogP contribution in [0.15, 0.2) is 12.3 Å². The van der Waals surface area contributed by atoms with Gasteiger partial charge in [0.2, 0.25) is 6.35 Å². The van der Waals surface area contributed by atoms with Gasteiger partial charge in [-0.05, 0) is 6.92 Å². The van der Waals surface area contributed by atoms with Crippen LogP contribution in [-0.2, 0) is 19.1 Å². The predicted molar refractivity (Wildman–Crippen MR) is 75.1 cm³/mol. The van der Waals surface area contributed by atoms with Crippen molar-refractivity contribution in [3.05, 3.63) is 12.3 Å². The molecular formula is C13H20FN3O7. The van der Waals surface area contributed by atoms with Gasteiger partial charge in [0, 0.05) is 12.3 Å². The second-order valence-electron chi connectivity index (χ2n) is 5.57. The molecule has 10 nitrogen and oxygen atoms in total. The smallest absolute Gasteiger partial charge is 0.321 e.